The average Bonchev–Trinajstić information content (AvgIpc) is 2.74. The smallest absolute Gasteiger partial charge is 0.202 e. The van der Waals surface area contributed by atoms with Crippen molar-refractivity contribution >= 4 is 28.3 Å². The van der Waals surface area contributed by atoms with Gasteiger partial charge >= 0.3 is 0 Å². The summed E-state index contributed by atoms with van der Waals surface area (Å²) in [6.45, 7) is 7.39. The van der Waals surface area contributed by atoms with Crippen molar-refractivity contribution in [2.24, 2.45) is 5.92 Å². The molecule has 1 heterocycles. The van der Waals surface area contributed by atoms with Crippen molar-refractivity contribution in [1.82, 2.24) is 9.36 Å². The van der Waals surface area contributed by atoms with E-state index in [1.165, 1.54) is 30.8 Å². The number of hydrogen-bond acceptors (Lipinski definition) is 4. The van der Waals surface area contributed by atoms with E-state index >= 15 is 0 Å². The lowest BCUT2D eigenvalue weighted by Gasteiger charge is -2.25. The van der Waals surface area contributed by atoms with E-state index in [1.54, 1.807) is 0 Å². The van der Waals surface area contributed by atoms with Gasteiger partial charge in [-0.25, -0.2) is 4.98 Å². The number of hydrogen-bond donors (Lipinski definition) is 1. The molecular weight excluding hydrogens is 266 g/mol. The van der Waals surface area contributed by atoms with Crippen molar-refractivity contribution < 1.29 is 0 Å². The standard InChI is InChI=1S/C13H22ClN3S/c1-13(2,3)11-16-12(18-17-11)15-8-9-5-4-6-10(14)7-9/h9-10H,4-8H2,1-3H3,(H,15,16,17). The average molecular weight is 288 g/mol. The van der Waals surface area contributed by atoms with Gasteiger partial charge in [0.2, 0.25) is 5.13 Å². The van der Waals surface area contributed by atoms with E-state index in [4.69, 9.17) is 11.6 Å². The van der Waals surface area contributed by atoms with Gasteiger partial charge in [-0.3, -0.25) is 0 Å². The minimum atomic E-state index is 0.0303. The van der Waals surface area contributed by atoms with Gasteiger partial charge in [0.05, 0.1) is 0 Å². The molecule has 0 spiro atoms. The number of alkyl halides is 1. The lowest BCUT2D eigenvalue weighted by atomic mass is 9.89. The van der Waals surface area contributed by atoms with Crippen LogP contribution in [0.4, 0.5) is 5.13 Å². The van der Waals surface area contributed by atoms with E-state index in [1.807, 2.05) is 0 Å². The first-order chi connectivity index (χ1) is 8.45. The minimum Gasteiger partial charge on any atom is -0.360 e. The summed E-state index contributed by atoms with van der Waals surface area (Å²) in [6, 6.07) is 0. The van der Waals surface area contributed by atoms with Gasteiger partial charge < -0.3 is 5.32 Å². The van der Waals surface area contributed by atoms with Gasteiger partial charge in [-0.15, -0.1) is 11.6 Å². The van der Waals surface area contributed by atoms with Crippen molar-refractivity contribution in [2.75, 3.05) is 11.9 Å². The Bertz CT molecular complexity index is 386. The second kappa shape index (κ2) is 5.74. The fraction of sp³-hybridized carbons (Fsp3) is 0.846. The summed E-state index contributed by atoms with van der Waals surface area (Å²) in [5, 5.41) is 4.72. The highest BCUT2D eigenvalue weighted by molar-refractivity contribution is 7.09. The summed E-state index contributed by atoms with van der Waals surface area (Å²) in [4.78, 5) is 4.55. The first kappa shape index (κ1) is 14.1. The zero-order valence-electron chi connectivity index (χ0n) is 11.4. The second-order valence-electron chi connectivity index (χ2n) is 6.18. The minimum absolute atomic E-state index is 0.0303. The van der Waals surface area contributed by atoms with Crippen molar-refractivity contribution in [3.63, 3.8) is 0 Å². The maximum absolute atomic E-state index is 6.20. The van der Waals surface area contributed by atoms with Gasteiger partial charge in [0.1, 0.15) is 5.82 Å². The summed E-state index contributed by atoms with van der Waals surface area (Å²) >= 11 is 7.66. The largest absolute Gasteiger partial charge is 0.360 e. The Kier molecular flexibility index (Phi) is 4.49. The molecule has 0 saturated heterocycles. The Morgan fingerprint density at radius 1 is 1.39 bits per heavy atom. The zero-order valence-corrected chi connectivity index (χ0v) is 12.9. The summed E-state index contributed by atoms with van der Waals surface area (Å²) in [5.74, 6) is 1.61. The third-order valence-electron chi connectivity index (χ3n) is 3.36. The van der Waals surface area contributed by atoms with Crippen LogP contribution in [0.25, 0.3) is 0 Å². The molecule has 0 bridgehead atoms. The van der Waals surface area contributed by atoms with E-state index < -0.39 is 0 Å². The van der Waals surface area contributed by atoms with Gasteiger partial charge in [0.25, 0.3) is 0 Å². The molecule has 1 aromatic rings. The first-order valence-corrected chi connectivity index (χ1v) is 7.88. The molecule has 0 amide bonds. The molecule has 3 nitrogen and oxygen atoms in total. The molecular formula is C13H22ClN3S. The molecule has 1 aliphatic carbocycles. The molecule has 0 aliphatic heterocycles. The number of nitrogens with zero attached hydrogens (tertiary/aromatic N) is 2. The molecule has 102 valence electrons. The molecule has 5 heteroatoms. The van der Waals surface area contributed by atoms with Gasteiger partial charge in [-0.1, -0.05) is 27.2 Å². The Hall–Kier alpha value is -0.350. The molecule has 1 aromatic heterocycles. The highest BCUT2D eigenvalue weighted by atomic mass is 35.5. The van der Waals surface area contributed by atoms with Crippen LogP contribution in [0, 0.1) is 5.92 Å². The van der Waals surface area contributed by atoms with Crippen LogP contribution in [0.5, 0.6) is 0 Å². The Balaban J connectivity index is 1.85. The molecule has 1 fully saturated rings. The maximum Gasteiger partial charge on any atom is 0.202 e. The Morgan fingerprint density at radius 3 is 2.78 bits per heavy atom. The molecule has 18 heavy (non-hydrogen) atoms. The highest BCUT2D eigenvalue weighted by Crippen LogP contribution is 2.28. The normalized spacial score (nSPS) is 25.1. The third kappa shape index (κ3) is 3.82. The topological polar surface area (TPSA) is 37.8 Å². The lowest BCUT2D eigenvalue weighted by Crippen LogP contribution is -2.22. The SMILES string of the molecule is CC(C)(C)c1nsc(NCC2CCCC(Cl)C2)n1. The van der Waals surface area contributed by atoms with Gasteiger partial charge in [0, 0.05) is 28.9 Å². The van der Waals surface area contributed by atoms with E-state index in [0.717, 1.165) is 23.9 Å². The van der Waals surface area contributed by atoms with Crippen molar-refractivity contribution in [3.05, 3.63) is 5.82 Å². The van der Waals surface area contributed by atoms with Crippen LogP contribution in [0.3, 0.4) is 0 Å². The Labute approximate surface area is 119 Å². The lowest BCUT2D eigenvalue weighted by molar-refractivity contribution is 0.378. The number of aromatic nitrogens is 2. The second-order valence-corrected chi connectivity index (χ2v) is 7.55. The highest BCUT2D eigenvalue weighted by Gasteiger charge is 2.22. The fourth-order valence-corrected chi connectivity index (χ4v) is 3.41. The first-order valence-electron chi connectivity index (χ1n) is 6.67. The van der Waals surface area contributed by atoms with Crippen LogP contribution in [0.1, 0.15) is 52.3 Å². The Morgan fingerprint density at radius 2 is 2.17 bits per heavy atom. The molecule has 2 atom stereocenters. The quantitative estimate of drug-likeness (QED) is 0.853. The fourth-order valence-electron chi connectivity index (χ4n) is 2.24. The van der Waals surface area contributed by atoms with Crippen LogP contribution < -0.4 is 5.32 Å². The number of anilines is 1. The van der Waals surface area contributed by atoms with E-state index in [2.05, 4.69) is 35.4 Å². The molecule has 0 radical (unpaired) electrons. The van der Waals surface area contributed by atoms with E-state index in [9.17, 15) is 0 Å². The molecule has 2 unspecified atom stereocenters. The van der Waals surface area contributed by atoms with Crippen LogP contribution in [-0.4, -0.2) is 21.3 Å². The van der Waals surface area contributed by atoms with Crippen LogP contribution in [0.2, 0.25) is 0 Å². The summed E-state index contributed by atoms with van der Waals surface area (Å²) in [6.07, 6.45) is 4.83. The van der Waals surface area contributed by atoms with Crippen molar-refractivity contribution in [2.45, 2.75) is 57.2 Å². The van der Waals surface area contributed by atoms with Gasteiger partial charge in [0.15, 0.2) is 0 Å². The number of halogens is 1. The third-order valence-corrected chi connectivity index (χ3v) is 4.43. The number of rotatable bonds is 3. The number of nitrogens with one attached hydrogen (secondary N) is 1. The molecule has 1 aliphatic rings. The zero-order chi connectivity index (χ0) is 13.2. The van der Waals surface area contributed by atoms with Crippen molar-refractivity contribution in [1.29, 1.82) is 0 Å². The monoisotopic (exact) mass is 287 g/mol. The molecule has 1 saturated carbocycles. The predicted octanol–water partition coefficient (Wildman–Crippen LogP) is 4.05. The van der Waals surface area contributed by atoms with Crippen molar-refractivity contribution in [3.8, 4) is 0 Å². The summed E-state index contributed by atoms with van der Waals surface area (Å²) in [7, 11) is 0. The predicted molar refractivity (Wildman–Crippen MR) is 78.7 cm³/mol. The summed E-state index contributed by atoms with van der Waals surface area (Å²) in [5.41, 5.74) is 0.0303. The molecule has 0 aromatic carbocycles. The van der Waals surface area contributed by atoms with Crippen LogP contribution in [-0.2, 0) is 5.41 Å². The van der Waals surface area contributed by atoms with E-state index in [0.29, 0.717) is 11.3 Å². The van der Waals surface area contributed by atoms with Gasteiger partial charge in [-0.2, -0.15) is 4.37 Å². The summed E-state index contributed by atoms with van der Waals surface area (Å²) < 4.78 is 4.41. The van der Waals surface area contributed by atoms with Crippen LogP contribution >= 0.6 is 23.1 Å². The van der Waals surface area contributed by atoms with Crippen LogP contribution in [0.15, 0.2) is 0 Å². The molecule has 2 rings (SSSR count). The van der Waals surface area contributed by atoms with E-state index in [-0.39, 0.29) is 5.41 Å². The van der Waals surface area contributed by atoms with Gasteiger partial charge in [-0.05, 0) is 25.2 Å². The maximum atomic E-state index is 6.20. The molecule has 1 N–H and O–H groups in total.